The minimum absolute atomic E-state index is 0.0218. The summed E-state index contributed by atoms with van der Waals surface area (Å²) in [5, 5.41) is 5.19. The van der Waals surface area contributed by atoms with Gasteiger partial charge in [-0.25, -0.2) is 4.79 Å². The van der Waals surface area contributed by atoms with Gasteiger partial charge in [-0.05, 0) is 46.6 Å². The lowest BCUT2D eigenvalue weighted by atomic mass is 10.0. The molecule has 36 heavy (non-hydrogen) atoms. The highest BCUT2D eigenvalue weighted by Gasteiger charge is 2.35. The Hall–Kier alpha value is -3.63. The fraction of sp³-hybridized carbons (Fsp3) is 0.560. The highest BCUT2D eigenvalue weighted by Crippen LogP contribution is 2.23. The Morgan fingerprint density at radius 1 is 1.03 bits per heavy atom. The van der Waals surface area contributed by atoms with Gasteiger partial charge < -0.3 is 30.7 Å². The van der Waals surface area contributed by atoms with Gasteiger partial charge in [0.25, 0.3) is 0 Å². The Morgan fingerprint density at radius 3 is 2.19 bits per heavy atom. The van der Waals surface area contributed by atoms with Crippen LogP contribution in [0.4, 0.5) is 4.79 Å². The molecule has 0 radical (unpaired) electrons. The molecule has 0 aliphatic carbocycles. The second-order valence-corrected chi connectivity index (χ2v) is 8.99. The normalized spacial score (nSPS) is 12.6. The van der Waals surface area contributed by atoms with E-state index in [0.717, 1.165) is 0 Å². The van der Waals surface area contributed by atoms with Crippen molar-refractivity contribution in [3.63, 3.8) is 0 Å². The SMILES string of the molecule is CCOC(=O)CCNC(=O)C(c1ccccc1)N(CC)C(=O)C(CCC(N)=O)NC(=O)OC(C)(C)C. The molecule has 0 aromatic heterocycles. The second-order valence-electron chi connectivity index (χ2n) is 8.99. The Bertz CT molecular complexity index is 899. The van der Waals surface area contributed by atoms with Gasteiger partial charge in [0.15, 0.2) is 0 Å². The van der Waals surface area contributed by atoms with E-state index < -0.39 is 47.5 Å². The lowest BCUT2D eigenvalue weighted by molar-refractivity contribution is -0.144. The van der Waals surface area contributed by atoms with Crippen molar-refractivity contribution in [3.8, 4) is 0 Å². The molecule has 0 fully saturated rings. The van der Waals surface area contributed by atoms with Crippen LogP contribution in [0, 0.1) is 0 Å². The summed E-state index contributed by atoms with van der Waals surface area (Å²) in [4.78, 5) is 63.7. The topological polar surface area (TPSA) is 157 Å². The van der Waals surface area contributed by atoms with E-state index in [9.17, 15) is 24.0 Å². The molecule has 0 bridgehead atoms. The minimum Gasteiger partial charge on any atom is -0.466 e. The van der Waals surface area contributed by atoms with E-state index in [2.05, 4.69) is 10.6 Å². The third-order valence-electron chi connectivity index (χ3n) is 4.90. The Kier molecular flexibility index (Phi) is 12.4. The molecular weight excluding hydrogens is 468 g/mol. The molecule has 0 spiro atoms. The number of benzene rings is 1. The predicted molar refractivity (Wildman–Crippen MR) is 132 cm³/mol. The summed E-state index contributed by atoms with van der Waals surface area (Å²) >= 11 is 0. The standard InChI is InChI=1S/C25H38N4O7/c1-6-29(23(33)18(13-14-19(26)30)28-24(34)36-25(3,4)5)21(17-11-9-8-10-12-17)22(32)27-16-15-20(31)35-7-2/h8-12,18,21H,6-7,13-16H2,1-5H3,(H2,26,30)(H,27,32)(H,28,34). The molecule has 200 valence electrons. The zero-order valence-electron chi connectivity index (χ0n) is 21.7. The number of hydrogen-bond acceptors (Lipinski definition) is 7. The highest BCUT2D eigenvalue weighted by molar-refractivity contribution is 5.92. The molecule has 1 aromatic carbocycles. The highest BCUT2D eigenvalue weighted by atomic mass is 16.6. The molecule has 0 aliphatic rings. The average molecular weight is 507 g/mol. The van der Waals surface area contributed by atoms with Crippen LogP contribution < -0.4 is 16.4 Å². The van der Waals surface area contributed by atoms with Crippen molar-refractivity contribution in [2.24, 2.45) is 5.73 Å². The maximum atomic E-state index is 13.6. The number of carbonyl (C=O) groups is 5. The number of alkyl carbamates (subject to hydrolysis) is 1. The van der Waals surface area contributed by atoms with E-state index in [0.29, 0.717) is 5.56 Å². The molecule has 0 saturated carbocycles. The third-order valence-corrected chi connectivity index (χ3v) is 4.90. The van der Waals surface area contributed by atoms with E-state index in [1.54, 1.807) is 65.0 Å². The molecule has 1 rings (SSSR count). The van der Waals surface area contributed by atoms with Gasteiger partial charge in [0, 0.05) is 19.5 Å². The Balaban J connectivity index is 3.21. The average Bonchev–Trinajstić information content (AvgIpc) is 2.79. The molecule has 0 aliphatic heterocycles. The molecule has 11 heteroatoms. The summed E-state index contributed by atoms with van der Waals surface area (Å²) in [5.74, 6) is -2.19. The second kappa shape index (κ2) is 14.7. The van der Waals surface area contributed by atoms with Gasteiger partial charge in [0.2, 0.25) is 17.7 Å². The number of nitrogens with zero attached hydrogens (tertiary/aromatic N) is 1. The molecule has 4 amide bonds. The summed E-state index contributed by atoms with van der Waals surface area (Å²) in [7, 11) is 0. The maximum absolute atomic E-state index is 13.6. The largest absolute Gasteiger partial charge is 0.466 e. The van der Waals surface area contributed by atoms with Crippen LogP contribution in [-0.2, 0) is 28.7 Å². The van der Waals surface area contributed by atoms with Crippen LogP contribution in [0.1, 0.15) is 65.5 Å². The van der Waals surface area contributed by atoms with E-state index >= 15 is 0 Å². The number of primary amides is 1. The number of ether oxygens (including phenoxy) is 2. The smallest absolute Gasteiger partial charge is 0.408 e. The molecular formula is C25H38N4O7. The van der Waals surface area contributed by atoms with Crippen LogP contribution >= 0.6 is 0 Å². The molecule has 0 saturated heterocycles. The fourth-order valence-corrected chi connectivity index (χ4v) is 3.39. The molecule has 1 aromatic rings. The van der Waals surface area contributed by atoms with Crippen LogP contribution in [0.25, 0.3) is 0 Å². The van der Waals surface area contributed by atoms with Gasteiger partial charge in [-0.2, -0.15) is 0 Å². The van der Waals surface area contributed by atoms with E-state index in [-0.39, 0.29) is 39.0 Å². The number of likely N-dealkylation sites (N-methyl/N-ethyl adjacent to an activating group) is 1. The lowest BCUT2D eigenvalue weighted by Crippen LogP contribution is -2.53. The fourth-order valence-electron chi connectivity index (χ4n) is 3.39. The summed E-state index contributed by atoms with van der Waals surface area (Å²) in [6.07, 6.45) is -1.10. The lowest BCUT2D eigenvalue weighted by Gasteiger charge is -2.33. The van der Waals surface area contributed by atoms with Gasteiger partial charge in [0.05, 0.1) is 13.0 Å². The first-order chi connectivity index (χ1) is 16.9. The van der Waals surface area contributed by atoms with Crippen molar-refractivity contribution in [1.82, 2.24) is 15.5 Å². The van der Waals surface area contributed by atoms with Gasteiger partial charge in [-0.15, -0.1) is 0 Å². The van der Waals surface area contributed by atoms with Crippen LogP contribution in [0.15, 0.2) is 30.3 Å². The number of carbonyl (C=O) groups excluding carboxylic acids is 5. The van der Waals surface area contributed by atoms with E-state index in [1.807, 2.05) is 0 Å². The Morgan fingerprint density at radius 2 is 1.67 bits per heavy atom. The molecule has 4 N–H and O–H groups in total. The quantitative estimate of drug-likeness (QED) is 0.344. The molecule has 11 nitrogen and oxygen atoms in total. The van der Waals surface area contributed by atoms with Crippen molar-refractivity contribution < 1.29 is 33.4 Å². The molecule has 2 unspecified atom stereocenters. The zero-order chi connectivity index (χ0) is 27.3. The first-order valence-corrected chi connectivity index (χ1v) is 12.0. The molecule has 2 atom stereocenters. The monoisotopic (exact) mass is 506 g/mol. The number of amides is 4. The Labute approximate surface area is 212 Å². The number of nitrogens with one attached hydrogen (secondary N) is 2. The minimum atomic E-state index is -1.16. The first kappa shape index (κ1) is 30.4. The zero-order valence-corrected chi connectivity index (χ0v) is 21.7. The number of nitrogens with two attached hydrogens (primary N) is 1. The van der Waals surface area contributed by atoms with Crippen molar-refractivity contribution in [2.45, 2.75) is 71.6 Å². The van der Waals surface area contributed by atoms with Crippen LogP contribution in [-0.4, -0.2) is 66.0 Å². The van der Waals surface area contributed by atoms with E-state index in [4.69, 9.17) is 15.2 Å². The first-order valence-electron chi connectivity index (χ1n) is 12.0. The van der Waals surface area contributed by atoms with Crippen LogP contribution in [0.3, 0.4) is 0 Å². The summed E-state index contributed by atoms with van der Waals surface area (Å²) < 4.78 is 10.1. The number of hydrogen-bond donors (Lipinski definition) is 3. The van der Waals surface area contributed by atoms with Crippen molar-refractivity contribution >= 4 is 29.8 Å². The predicted octanol–water partition coefficient (Wildman–Crippen LogP) is 1.80. The number of rotatable bonds is 13. The van der Waals surface area contributed by atoms with Crippen molar-refractivity contribution in [2.75, 3.05) is 19.7 Å². The van der Waals surface area contributed by atoms with Crippen LogP contribution in [0.2, 0.25) is 0 Å². The summed E-state index contributed by atoms with van der Waals surface area (Å²) in [5.41, 5.74) is 5.00. The number of esters is 1. The van der Waals surface area contributed by atoms with Gasteiger partial charge in [0.1, 0.15) is 17.7 Å². The van der Waals surface area contributed by atoms with Crippen molar-refractivity contribution in [3.05, 3.63) is 35.9 Å². The summed E-state index contributed by atoms with van der Waals surface area (Å²) in [6, 6.07) is 6.42. The van der Waals surface area contributed by atoms with Gasteiger partial charge >= 0.3 is 12.1 Å². The molecule has 0 heterocycles. The maximum Gasteiger partial charge on any atom is 0.408 e. The summed E-state index contributed by atoms with van der Waals surface area (Å²) in [6.45, 7) is 8.78. The third kappa shape index (κ3) is 10.7. The van der Waals surface area contributed by atoms with E-state index in [1.165, 1.54) is 4.90 Å². The van der Waals surface area contributed by atoms with Crippen LogP contribution in [0.5, 0.6) is 0 Å². The van der Waals surface area contributed by atoms with Crippen molar-refractivity contribution in [1.29, 1.82) is 0 Å². The van der Waals surface area contributed by atoms with Gasteiger partial charge in [-0.1, -0.05) is 30.3 Å². The van der Waals surface area contributed by atoms with Gasteiger partial charge in [-0.3, -0.25) is 19.2 Å².